The smallest absolute Gasteiger partial charge is 0.0589 e. The largest absolute Gasteiger partial charge is 0.346 e. The first-order valence-corrected chi connectivity index (χ1v) is 9.91. The van der Waals surface area contributed by atoms with Crippen LogP contribution in [0.5, 0.6) is 0 Å². The van der Waals surface area contributed by atoms with Gasteiger partial charge in [-0.05, 0) is 73.3 Å². The third-order valence-electron chi connectivity index (χ3n) is 6.87. The number of aromatic nitrogens is 1. The molecule has 2 aromatic rings. The Balaban J connectivity index is 1.33. The molecular formula is C19H26N2S. The molecule has 0 saturated heterocycles. The molecule has 2 aromatic heterocycles. The lowest BCUT2D eigenvalue weighted by molar-refractivity contribution is 0.00593. The lowest BCUT2D eigenvalue weighted by atomic mass is 9.56. The summed E-state index contributed by atoms with van der Waals surface area (Å²) in [6, 6.07) is 5.40. The van der Waals surface area contributed by atoms with Crippen LogP contribution in [0.15, 0.2) is 17.5 Å². The topological polar surface area (TPSA) is 17.0 Å². The number of aryl methyl sites for hydroxylation is 1. The van der Waals surface area contributed by atoms with E-state index in [2.05, 4.69) is 34.4 Å². The second kappa shape index (κ2) is 5.10. The van der Waals surface area contributed by atoms with Crippen molar-refractivity contribution < 1.29 is 0 Å². The molecule has 2 nitrogen and oxygen atoms in total. The van der Waals surface area contributed by atoms with Crippen LogP contribution in [0.3, 0.4) is 0 Å². The Kier molecular flexibility index (Phi) is 3.16. The predicted octanol–water partition coefficient (Wildman–Crippen LogP) is 4.54. The molecular weight excluding hydrogens is 288 g/mol. The van der Waals surface area contributed by atoms with E-state index in [4.69, 9.17) is 0 Å². The average Bonchev–Trinajstić information content (AvgIpc) is 3.06. The Morgan fingerprint density at radius 1 is 1.18 bits per heavy atom. The molecule has 0 spiro atoms. The molecule has 3 aliphatic rings. The third kappa shape index (κ3) is 2.09. The molecule has 0 amide bonds. The average molecular weight is 314 g/mol. The van der Waals surface area contributed by atoms with Crippen LogP contribution in [0.4, 0.5) is 0 Å². The van der Waals surface area contributed by atoms with E-state index < -0.39 is 0 Å². The van der Waals surface area contributed by atoms with Crippen LogP contribution in [0.2, 0.25) is 0 Å². The van der Waals surface area contributed by atoms with Gasteiger partial charge in [0.05, 0.1) is 10.2 Å². The van der Waals surface area contributed by atoms with Crippen molar-refractivity contribution >= 4 is 21.6 Å². The molecule has 2 heterocycles. The fraction of sp³-hybridized carbons (Fsp3) is 0.684. The van der Waals surface area contributed by atoms with Crippen molar-refractivity contribution in [2.45, 2.75) is 51.1 Å². The van der Waals surface area contributed by atoms with Crippen molar-refractivity contribution in [3.05, 3.63) is 23.2 Å². The van der Waals surface area contributed by atoms with Crippen molar-refractivity contribution in [2.24, 2.45) is 30.7 Å². The van der Waals surface area contributed by atoms with Gasteiger partial charge in [0.1, 0.15) is 0 Å². The Labute approximate surface area is 136 Å². The molecule has 5 unspecified atom stereocenters. The molecule has 3 bridgehead atoms. The van der Waals surface area contributed by atoms with Crippen LogP contribution in [0, 0.1) is 23.7 Å². The quantitative estimate of drug-likeness (QED) is 0.880. The normalized spacial score (nSPS) is 37.0. The molecule has 3 saturated carbocycles. The van der Waals surface area contributed by atoms with Crippen molar-refractivity contribution in [3.63, 3.8) is 0 Å². The summed E-state index contributed by atoms with van der Waals surface area (Å²) >= 11 is 1.86. The summed E-state index contributed by atoms with van der Waals surface area (Å²) in [4.78, 5) is 0. The molecule has 1 N–H and O–H groups in total. The van der Waals surface area contributed by atoms with E-state index in [0.717, 1.165) is 36.3 Å². The van der Waals surface area contributed by atoms with Crippen molar-refractivity contribution in [1.82, 2.24) is 9.88 Å². The van der Waals surface area contributed by atoms with Crippen LogP contribution in [-0.2, 0) is 13.6 Å². The fourth-order valence-electron chi connectivity index (χ4n) is 5.86. The Morgan fingerprint density at radius 2 is 2.09 bits per heavy atom. The fourth-order valence-corrected chi connectivity index (χ4v) is 6.74. The first-order valence-electron chi connectivity index (χ1n) is 9.03. The lowest BCUT2D eigenvalue weighted by Gasteiger charge is -2.52. The minimum atomic E-state index is 0.776. The minimum Gasteiger partial charge on any atom is -0.346 e. The minimum absolute atomic E-state index is 0.776. The number of hydrogen-bond donors (Lipinski definition) is 1. The molecule has 3 heteroatoms. The van der Waals surface area contributed by atoms with Gasteiger partial charge in [0.15, 0.2) is 0 Å². The van der Waals surface area contributed by atoms with Gasteiger partial charge in [-0.1, -0.05) is 6.42 Å². The summed E-state index contributed by atoms with van der Waals surface area (Å²) in [6.07, 6.45) is 9.05. The van der Waals surface area contributed by atoms with Gasteiger partial charge < -0.3 is 9.88 Å². The van der Waals surface area contributed by atoms with Crippen LogP contribution in [0.1, 0.15) is 44.2 Å². The molecule has 0 aliphatic heterocycles. The highest BCUT2D eigenvalue weighted by atomic mass is 32.1. The molecule has 5 rings (SSSR count). The van der Waals surface area contributed by atoms with E-state index in [1.165, 1.54) is 41.6 Å². The molecule has 3 fully saturated rings. The standard InChI is InChI=1S/C19H26N2S/c1-21-15(10-19-18(21)4-5-22-19)11-20-17-9-13-6-12-2-3-16(17)14(7-12)8-13/h4-5,10,12-14,16-17,20H,2-3,6-9,11H2,1H3. The summed E-state index contributed by atoms with van der Waals surface area (Å²) in [5.74, 6) is 4.12. The predicted molar refractivity (Wildman–Crippen MR) is 93.1 cm³/mol. The van der Waals surface area contributed by atoms with E-state index >= 15 is 0 Å². The van der Waals surface area contributed by atoms with E-state index in [1.54, 1.807) is 12.8 Å². The molecule has 0 aromatic carbocycles. The van der Waals surface area contributed by atoms with Crippen LogP contribution in [-0.4, -0.2) is 10.6 Å². The number of nitrogens with one attached hydrogen (secondary N) is 1. The van der Waals surface area contributed by atoms with Gasteiger partial charge in [0, 0.05) is 25.3 Å². The first kappa shape index (κ1) is 13.6. The second-order valence-electron chi connectivity index (χ2n) is 8.03. The molecule has 3 aliphatic carbocycles. The van der Waals surface area contributed by atoms with Crippen LogP contribution >= 0.6 is 11.3 Å². The van der Waals surface area contributed by atoms with Crippen molar-refractivity contribution in [1.29, 1.82) is 0 Å². The maximum Gasteiger partial charge on any atom is 0.0589 e. The van der Waals surface area contributed by atoms with Crippen LogP contribution < -0.4 is 5.32 Å². The van der Waals surface area contributed by atoms with Gasteiger partial charge in [-0.3, -0.25) is 0 Å². The van der Waals surface area contributed by atoms with E-state index in [0.29, 0.717) is 0 Å². The zero-order valence-corrected chi connectivity index (χ0v) is 14.2. The van der Waals surface area contributed by atoms with Gasteiger partial charge in [-0.2, -0.15) is 0 Å². The maximum absolute atomic E-state index is 3.97. The number of fused-ring (bicyclic) bond motifs is 3. The summed E-state index contributed by atoms with van der Waals surface area (Å²) in [5, 5.41) is 6.16. The molecule has 5 atom stereocenters. The number of hydrogen-bond acceptors (Lipinski definition) is 2. The second-order valence-corrected chi connectivity index (χ2v) is 8.98. The number of nitrogens with zero attached hydrogens (tertiary/aromatic N) is 1. The Bertz CT molecular complexity index is 679. The SMILES string of the molecule is Cn1c(CNC2CC3CC4CCC2C(C4)C3)cc2sccc21. The Hall–Kier alpha value is -0.800. The maximum atomic E-state index is 3.97. The van der Waals surface area contributed by atoms with E-state index in [9.17, 15) is 0 Å². The first-order chi connectivity index (χ1) is 10.8. The highest BCUT2D eigenvalue weighted by Gasteiger charge is 2.45. The molecule has 118 valence electrons. The van der Waals surface area contributed by atoms with Crippen molar-refractivity contribution in [2.75, 3.05) is 0 Å². The summed E-state index contributed by atoms with van der Waals surface area (Å²) in [6.45, 7) is 1.04. The molecule has 0 radical (unpaired) electrons. The highest BCUT2D eigenvalue weighted by Crippen LogP contribution is 2.52. The number of thiophene rings is 1. The van der Waals surface area contributed by atoms with Gasteiger partial charge in [-0.25, -0.2) is 0 Å². The zero-order chi connectivity index (χ0) is 14.7. The lowest BCUT2D eigenvalue weighted by Crippen LogP contribution is -2.50. The van der Waals surface area contributed by atoms with Gasteiger partial charge >= 0.3 is 0 Å². The molecule has 22 heavy (non-hydrogen) atoms. The summed E-state index contributed by atoms with van der Waals surface area (Å²) in [5.41, 5.74) is 2.84. The summed E-state index contributed by atoms with van der Waals surface area (Å²) in [7, 11) is 2.22. The Morgan fingerprint density at radius 3 is 3.00 bits per heavy atom. The van der Waals surface area contributed by atoms with Gasteiger partial charge in [-0.15, -0.1) is 11.3 Å². The zero-order valence-electron chi connectivity index (χ0n) is 13.4. The summed E-state index contributed by atoms with van der Waals surface area (Å²) < 4.78 is 3.81. The monoisotopic (exact) mass is 314 g/mol. The van der Waals surface area contributed by atoms with Crippen LogP contribution in [0.25, 0.3) is 10.2 Å². The van der Waals surface area contributed by atoms with Gasteiger partial charge in [0.25, 0.3) is 0 Å². The third-order valence-corrected chi connectivity index (χ3v) is 7.72. The van der Waals surface area contributed by atoms with E-state index in [-0.39, 0.29) is 0 Å². The highest BCUT2D eigenvalue weighted by molar-refractivity contribution is 7.17. The number of rotatable bonds is 3. The van der Waals surface area contributed by atoms with E-state index in [1.807, 2.05) is 11.3 Å². The van der Waals surface area contributed by atoms with Gasteiger partial charge in [0.2, 0.25) is 0 Å². The van der Waals surface area contributed by atoms with Crippen molar-refractivity contribution in [3.8, 4) is 0 Å².